The molecule has 1 aromatic heterocycles. The molecule has 1 aromatic rings. The molecule has 0 bridgehead atoms. The van der Waals surface area contributed by atoms with Gasteiger partial charge in [-0.15, -0.1) is 0 Å². The summed E-state index contributed by atoms with van der Waals surface area (Å²) in [4.78, 5) is 26.5. The zero-order chi connectivity index (χ0) is 15.8. The lowest BCUT2D eigenvalue weighted by molar-refractivity contribution is -0.127. The highest BCUT2D eigenvalue weighted by Gasteiger charge is 2.39. The van der Waals surface area contributed by atoms with Gasteiger partial charge in [-0.2, -0.15) is 5.10 Å². The van der Waals surface area contributed by atoms with Gasteiger partial charge in [0.05, 0.1) is 11.4 Å². The maximum atomic E-state index is 12.9. The minimum Gasteiger partial charge on any atom is -0.344 e. The van der Waals surface area contributed by atoms with E-state index in [1.807, 2.05) is 40.9 Å². The van der Waals surface area contributed by atoms with Crippen LogP contribution in [0.4, 0.5) is 5.69 Å². The van der Waals surface area contributed by atoms with Gasteiger partial charge in [-0.3, -0.25) is 14.3 Å². The molecular formula is C15H24N4O2. The molecule has 0 aromatic carbocycles. The van der Waals surface area contributed by atoms with Crippen LogP contribution >= 0.6 is 0 Å². The Labute approximate surface area is 125 Å². The normalized spacial score (nSPS) is 20.4. The third-order valence-electron chi connectivity index (χ3n) is 3.76. The maximum Gasteiger partial charge on any atom is 0.250 e. The fourth-order valence-corrected chi connectivity index (χ4v) is 2.60. The Morgan fingerprint density at radius 1 is 1.38 bits per heavy atom. The van der Waals surface area contributed by atoms with Crippen LogP contribution in [0.3, 0.4) is 0 Å². The van der Waals surface area contributed by atoms with E-state index in [4.69, 9.17) is 0 Å². The van der Waals surface area contributed by atoms with Crippen molar-refractivity contribution in [1.82, 2.24) is 15.1 Å². The molecule has 1 unspecified atom stereocenters. The van der Waals surface area contributed by atoms with Gasteiger partial charge in [0, 0.05) is 26.2 Å². The molecule has 6 nitrogen and oxygen atoms in total. The third-order valence-corrected chi connectivity index (χ3v) is 3.76. The number of hydrogen-bond donors (Lipinski definition) is 1. The molecule has 116 valence electrons. The topological polar surface area (TPSA) is 67.2 Å². The summed E-state index contributed by atoms with van der Waals surface area (Å²) in [5.74, 6) is -0.135. The van der Waals surface area contributed by atoms with Crippen LogP contribution in [0, 0.1) is 5.41 Å². The Bertz CT molecular complexity index is 557. The number of amides is 2. The molecule has 1 fully saturated rings. The predicted octanol–water partition coefficient (Wildman–Crippen LogP) is 1.25. The van der Waals surface area contributed by atoms with E-state index in [0.29, 0.717) is 13.0 Å². The molecule has 0 saturated carbocycles. The summed E-state index contributed by atoms with van der Waals surface area (Å²) in [6.07, 6.45) is 2.92. The largest absolute Gasteiger partial charge is 0.344 e. The SMILES string of the molecule is CCc1nn(C)cc1N1CCC(=O)NC(C(C)(C)C)C1=O. The van der Waals surface area contributed by atoms with Gasteiger partial charge in [-0.05, 0) is 11.8 Å². The van der Waals surface area contributed by atoms with Gasteiger partial charge in [0.1, 0.15) is 6.04 Å². The van der Waals surface area contributed by atoms with E-state index >= 15 is 0 Å². The smallest absolute Gasteiger partial charge is 0.250 e. The standard InChI is InChI=1S/C15H24N4O2/c1-6-10-11(9-18(5)17-10)19-8-7-12(20)16-13(14(19)21)15(2,3)4/h9,13H,6-8H2,1-5H3,(H,16,20). The van der Waals surface area contributed by atoms with Crippen LogP contribution in [0.15, 0.2) is 6.20 Å². The van der Waals surface area contributed by atoms with Crippen LogP contribution in [0.1, 0.15) is 39.8 Å². The molecule has 0 spiro atoms. The zero-order valence-electron chi connectivity index (χ0n) is 13.4. The van der Waals surface area contributed by atoms with Crippen LogP contribution in [-0.2, 0) is 23.1 Å². The molecule has 1 aliphatic heterocycles. The molecule has 2 heterocycles. The number of carbonyl (C=O) groups is 2. The average Bonchev–Trinajstić information content (AvgIpc) is 2.67. The summed E-state index contributed by atoms with van der Waals surface area (Å²) in [5, 5.41) is 7.25. The lowest BCUT2D eigenvalue weighted by atomic mass is 9.86. The Morgan fingerprint density at radius 2 is 2.05 bits per heavy atom. The van der Waals surface area contributed by atoms with Crippen LogP contribution in [0.5, 0.6) is 0 Å². The number of anilines is 1. The first kappa shape index (κ1) is 15.5. The van der Waals surface area contributed by atoms with Gasteiger partial charge in [0.15, 0.2) is 0 Å². The number of aromatic nitrogens is 2. The van der Waals surface area contributed by atoms with E-state index < -0.39 is 6.04 Å². The Hall–Kier alpha value is -1.85. The number of aryl methyl sites for hydroxylation is 2. The summed E-state index contributed by atoms with van der Waals surface area (Å²) in [6.45, 7) is 8.30. The summed E-state index contributed by atoms with van der Waals surface area (Å²) in [7, 11) is 1.84. The molecular weight excluding hydrogens is 268 g/mol. The molecule has 2 amide bonds. The van der Waals surface area contributed by atoms with Crippen molar-refractivity contribution in [3.05, 3.63) is 11.9 Å². The molecule has 0 aliphatic carbocycles. The molecule has 1 aliphatic rings. The highest BCUT2D eigenvalue weighted by molar-refractivity contribution is 6.02. The third kappa shape index (κ3) is 3.09. The van der Waals surface area contributed by atoms with Crippen molar-refractivity contribution in [2.24, 2.45) is 12.5 Å². The molecule has 21 heavy (non-hydrogen) atoms. The minimum atomic E-state index is -0.516. The van der Waals surface area contributed by atoms with Crippen molar-refractivity contribution < 1.29 is 9.59 Å². The summed E-state index contributed by atoms with van der Waals surface area (Å²) in [6, 6.07) is -0.516. The van der Waals surface area contributed by atoms with Crippen LogP contribution in [0.2, 0.25) is 0 Å². The molecule has 1 atom stereocenters. The molecule has 1 N–H and O–H groups in total. The van der Waals surface area contributed by atoms with Gasteiger partial charge in [-0.1, -0.05) is 27.7 Å². The Balaban J connectivity index is 2.42. The second-order valence-corrected chi connectivity index (χ2v) is 6.59. The lowest BCUT2D eigenvalue weighted by Gasteiger charge is -2.32. The van der Waals surface area contributed by atoms with Crippen molar-refractivity contribution in [3.8, 4) is 0 Å². The van der Waals surface area contributed by atoms with Gasteiger partial charge in [0.25, 0.3) is 0 Å². The molecule has 0 radical (unpaired) electrons. The van der Waals surface area contributed by atoms with Gasteiger partial charge in [0.2, 0.25) is 11.8 Å². The first-order chi connectivity index (χ1) is 9.74. The average molecular weight is 292 g/mol. The molecule has 2 rings (SSSR count). The second-order valence-electron chi connectivity index (χ2n) is 6.59. The zero-order valence-corrected chi connectivity index (χ0v) is 13.4. The number of hydrogen-bond acceptors (Lipinski definition) is 3. The highest BCUT2D eigenvalue weighted by atomic mass is 16.2. The maximum absolute atomic E-state index is 12.9. The molecule has 1 saturated heterocycles. The van der Waals surface area contributed by atoms with E-state index in [1.165, 1.54) is 0 Å². The quantitative estimate of drug-likeness (QED) is 0.892. The van der Waals surface area contributed by atoms with Crippen molar-refractivity contribution >= 4 is 17.5 Å². The Kier molecular flexibility index (Phi) is 4.07. The van der Waals surface area contributed by atoms with Crippen molar-refractivity contribution in [1.29, 1.82) is 0 Å². The lowest BCUT2D eigenvalue weighted by Crippen LogP contribution is -2.52. The molecule has 6 heteroatoms. The van der Waals surface area contributed by atoms with Crippen molar-refractivity contribution in [2.75, 3.05) is 11.4 Å². The van der Waals surface area contributed by atoms with E-state index in [0.717, 1.165) is 17.8 Å². The van der Waals surface area contributed by atoms with E-state index in [9.17, 15) is 9.59 Å². The second kappa shape index (κ2) is 5.50. The fourth-order valence-electron chi connectivity index (χ4n) is 2.60. The highest BCUT2D eigenvalue weighted by Crippen LogP contribution is 2.27. The first-order valence-corrected chi connectivity index (χ1v) is 7.37. The van der Waals surface area contributed by atoms with Gasteiger partial charge < -0.3 is 10.2 Å². The number of nitrogens with zero attached hydrogens (tertiary/aromatic N) is 3. The van der Waals surface area contributed by atoms with E-state index in [-0.39, 0.29) is 17.2 Å². The van der Waals surface area contributed by atoms with Crippen LogP contribution < -0.4 is 10.2 Å². The van der Waals surface area contributed by atoms with E-state index in [2.05, 4.69) is 10.4 Å². The van der Waals surface area contributed by atoms with Crippen LogP contribution in [0.25, 0.3) is 0 Å². The number of rotatable bonds is 2. The summed E-state index contributed by atoms with van der Waals surface area (Å²) in [5.41, 5.74) is 1.37. The Morgan fingerprint density at radius 3 is 2.62 bits per heavy atom. The van der Waals surface area contributed by atoms with Gasteiger partial charge >= 0.3 is 0 Å². The first-order valence-electron chi connectivity index (χ1n) is 7.37. The summed E-state index contributed by atoms with van der Waals surface area (Å²) >= 11 is 0. The fraction of sp³-hybridized carbons (Fsp3) is 0.667. The van der Waals surface area contributed by atoms with Crippen molar-refractivity contribution in [3.63, 3.8) is 0 Å². The van der Waals surface area contributed by atoms with E-state index in [1.54, 1.807) is 9.58 Å². The monoisotopic (exact) mass is 292 g/mol. The van der Waals surface area contributed by atoms with Crippen LogP contribution in [-0.4, -0.2) is 34.2 Å². The predicted molar refractivity (Wildman–Crippen MR) is 80.9 cm³/mol. The number of nitrogens with one attached hydrogen (secondary N) is 1. The van der Waals surface area contributed by atoms with Crippen molar-refractivity contribution in [2.45, 2.75) is 46.6 Å². The minimum absolute atomic E-state index is 0.0592. The number of carbonyl (C=O) groups excluding carboxylic acids is 2. The van der Waals surface area contributed by atoms with Gasteiger partial charge in [-0.25, -0.2) is 0 Å². The summed E-state index contributed by atoms with van der Waals surface area (Å²) < 4.78 is 1.72.